The molecule has 0 aliphatic carbocycles. The maximum absolute atomic E-state index is 11.6. The van der Waals surface area contributed by atoms with Gasteiger partial charge in [0, 0.05) is 7.05 Å². The van der Waals surface area contributed by atoms with Crippen molar-refractivity contribution in [1.29, 1.82) is 0 Å². The molecular weight excluding hydrogens is 198 g/mol. The van der Waals surface area contributed by atoms with E-state index < -0.39 is 0 Å². The van der Waals surface area contributed by atoms with Gasteiger partial charge >= 0.3 is 0 Å². The average molecular weight is 207 g/mol. The van der Waals surface area contributed by atoms with E-state index >= 15 is 0 Å². The second kappa shape index (κ2) is 3.23. The molecule has 6 nitrogen and oxygen atoms in total. The van der Waals surface area contributed by atoms with Crippen molar-refractivity contribution in [3.05, 3.63) is 33.0 Å². The molecule has 0 radical (unpaired) electrons. The third-order valence-electron chi connectivity index (χ3n) is 2.12. The van der Waals surface area contributed by atoms with E-state index in [1.165, 1.54) is 26.4 Å². The molecule has 1 N–H and O–H groups in total. The fourth-order valence-corrected chi connectivity index (χ4v) is 1.32. The third-order valence-corrected chi connectivity index (χ3v) is 2.12. The van der Waals surface area contributed by atoms with Crippen molar-refractivity contribution in [2.45, 2.75) is 0 Å². The number of pyridine rings is 1. The van der Waals surface area contributed by atoms with Crippen LogP contribution in [-0.4, -0.2) is 21.9 Å². The number of fused-ring (bicyclic) bond motifs is 1. The molecule has 0 aromatic carbocycles. The summed E-state index contributed by atoms with van der Waals surface area (Å²) in [6.45, 7) is 0. The molecule has 0 unspecified atom stereocenters. The van der Waals surface area contributed by atoms with Crippen molar-refractivity contribution < 1.29 is 4.74 Å². The number of nitrogens with zero attached hydrogens (tertiary/aromatic N) is 2. The van der Waals surface area contributed by atoms with Gasteiger partial charge < -0.3 is 4.74 Å². The molecule has 2 aromatic rings. The fourth-order valence-electron chi connectivity index (χ4n) is 1.32. The molecule has 0 aliphatic heterocycles. The Balaban J connectivity index is 2.97. The zero-order valence-electron chi connectivity index (χ0n) is 8.27. The normalized spacial score (nSPS) is 10.5. The highest BCUT2D eigenvalue weighted by molar-refractivity contribution is 5.77. The largest absolute Gasteiger partial charge is 0.495 e. The van der Waals surface area contributed by atoms with Gasteiger partial charge in [-0.1, -0.05) is 0 Å². The summed E-state index contributed by atoms with van der Waals surface area (Å²) in [6, 6.07) is 1.49. The van der Waals surface area contributed by atoms with Crippen molar-refractivity contribution in [2.24, 2.45) is 7.05 Å². The maximum Gasteiger partial charge on any atom is 0.291 e. The summed E-state index contributed by atoms with van der Waals surface area (Å²) < 4.78 is 6.02. The summed E-state index contributed by atoms with van der Waals surface area (Å²) in [6.07, 6.45) is 1.41. The lowest BCUT2D eigenvalue weighted by atomic mass is 10.3. The maximum atomic E-state index is 11.6. The van der Waals surface area contributed by atoms with Gasteiger partial charge in [0.05, 0.1) is 18.7 Å². The van der Waals surface area contributed by atoms with Gasteiger partial charge in [0.2, 0.25) is 0 Å². The summed E-state index contributed by atoms with van der Waals surface area (Å²) in [5, 5.41) is 2.62. The lowest BCUT2D eigenvalue weighted by molar-refractivity contribution is 0.413. The molecule has 0 saturated heterocycles. The molecule has 0 spiro atoms. The van der Waals surface area contributed by atoms with E-state index in [1.54, 1.807) is 0 Å². The predicted molar refractivity (Wildman–Crippen MR) is 54.2 cm³/mol. The number of aryl methyl sites for hydroxylation is 1. The van der Waals surface area contributed by atoms with Crippen molar-refractivity contribution in [3.63, 3.8) is 0 Å². The van der Waals surface area contributed by atoms with Gasteiger partial charge in [-0.2, -0.15) is 0 Å². The molecule has 15 heavy (non-hydrogen) atoms. The van der Waals surface area contributed by atoms with Crippen LogP contribution in [0.1, 0.15) is 0 Å². The van der Waals surface area contributed by atoms with E-state index in [9.17, 15) is 9.59 Å². The Morgan fingerprint density at radius 1 is 1.47 bits per heavy atom. The van der Waals surface area contributed by atoms with Crippen molar-refractivity contribution >= 4 is 10.9 Å². The molecule has 0 aliphatic rings. The van der Waals surface area contributed by atoms with Crippen LogP contribution in [0.25, 0.3) is 10.9 Å². The minimum atomic E-state index is -0.363. The standard InChI is InChI=1S/C9H9N3O3/c1-12-9(14)7-6(8(13)11-12)3-5(15-2)4-10-7/h3-4H,1-2H3,(H,11,13). The van der Waals surface area contributed by atoms with E-state index in [2.05, 4.69) is 10.1 Å². The number of aromatic amines is 1. The smallest absolute Gasteiger partial charge is 0.291 e. The monoisotopic (exact) mass is 207 g/mol. The molecule has 2 aromatic heterocycles. The van der Waals surface area contributed by atoms with Gasteiger partial charge in [0.1, 0.15) is 11.3 Å². The number of hydrogen-bond donors (Lipinski definition) is 1. The Bertz CT molecular complexity index is 627. The van der Waals surface area contributed by atoms with Gasteiger partial charge in [-0.3, -0.25) is 19.4 Å². The SMILES string of the molecule is COc1cnc2c(=O)n(C)[nH]c(=O)c2c1. The number of hydrogen-bond acceptors (Lipinski definition) is 4. The van der Waals surface area contributed by atoms with Gasteiger partial charge in [-0.15, -0.1) is 0 Å². The predicted octanol–water partition coefficient (Wildman–Crippen LogP) is -0.370. The number of aromatic nitrogens is 3. The van der Waals surface area contributed by atoms with Crippen LogP contribution in [0.4, 0.5) is 0 Å². The molecule has 78 valence electrons. The topological polar surface area (TPSA) is 77.0 Å². The van der Waals surface area contributed by atoms with Crippen LogP contribution < -0.4 is 15.9 Å². The summed E-state index contributed by atoms with van der Waals surface area (Å²) in [5.74, 6) is 0.446. The van der Waals surface area contributed by atoms with Crippen LogP contribution in [0.5, 0.6) is 5.75 Å². The summed E-state index contributed by atoms with van der Waals surface area (Å²) in [4.78, 5) is 27.0. The summed E-state index contributed by atoms with van der Waals surface area (Å²) >= 11 is 0. The van der Waals surface area contributed by atoms with Crippen LogP contribution in [-0.2, 0) is 7.05 Å². The van der Waals surface area contributed by atoms with Crippen molar-refractivity contribution in [2.75, 3.05) is 7.11 Å². The molecular formula is C9H9N3O3. The van der Waals surface area contributed by atoms with Crippen molar-refractivity contribution in [3.8, 4) is 5.75 Å². The number of ether oxygens (including phenoxy) is 1. The van der Waals surface area contributed by atoms with Crippen LogP contribution in [0, 0.1) is 0 Å². The van der Waals surface area contributed by atoms with Gasteiger partial charge in [-0.05, 0) is 6.07 Å². The Morgan fingerprint density at radius 3 is 2.87 bits per heavy atom. The minimum Gasteiger partial charge on any atom is -0.495 e. The van der Waals surface area contributed by atoms with Crippen LogP contribution in [0.15, 0.2) is 21.9 Å². The number of H-pyrrole nitrogens is 1. The molecule has 2 heterocycles. The Labute approximate surface area is 84.1 Å². The summed E-state index contributed by atoms with van der Waals surface area (Å²) in [5.41, 5.74) is -0.562. The van der Waals surface area contributed by atoms with E-state index in [0.29, 0.717) is 5.75 Å². The van der Waals surface area contributed by atoms with Gasteiger partial charge in [-0.25, -0.2) is 4.98 Å². The highest BCUT2D eigenvalue weighted by Crippen LogP contribution is 2.11. The lowest BCUT2D eigenvalue weighted by Crippen LogP contribution is -2.28. The van der Waals surface area contributed by atoms with Crippen LogP contribution >= 0.6 is 0 Å². The first-order chi connectivity index (χ1) is 7.13. The van der Waals surface area contributed by atoms with Crippen LogP contribution in [0.2, 0.25) is 0 Å². The second-order valence-corrected chi connectivity index (χ2v) is 3.08. The average Bonchev–Trinajstić information content (AvgIpc) is 2.25. The molecule has 6 heteroatoms. The first-order valence-corrected chi connectivity index (χ1v) is 4.26. The van der Waals surface area contributed by atoms with E-state index in [1.807, 2.05) is 0 Å². The zero-order chi connectivity index (χ0) is 11.0. The number of methoxy groups -OCH3 is 1. The quantitative estimate of drug-likeness (QED) is 0.692. The molecule has 0 atom stereocenters. The van der Waals surface area contributed by atoms with E-state index in [0.717, 1.165) is 4.68 Å². The molecule has 0 bridgehead atoms. The lowest BCUT2D eigenvalue weighted by Gasteiger charge is -2.02. The second-order valence-electron chi connectivity index (χ2n) is 3.08. The Kier molecular flexibility index (Phi) is 2.03. The molecule has 0 amide bonds. The fraction of sp³-hybridized carbons (Fsp3) is 0.222. The Morgan fingerprint density at radius 2 is 2.20 bits per heavy atom. The molecule has 0 fully saturated rings. The zero-order valence-corrected chi connectivity index (χ0v) is 8.27. The first kappa shape index (κ1) is 9.45. The number of nitrogens with one attached hydrogen (secondary N) is 1. The van der Waals surface area contributed by atoms with E-state index in [4.69, 9.17) is 4.74 Å². The van der Waals surface area contributed by atoms with Gasteiger partial charge in [0.25, 0.3) is 11.1 Å². The highest BCUT2D eigenvalue weighted by atomic mass is 16.5. The Hall–Kier alpha value is -2.11. The van der Waals surface area contributed by atoms with E-state index in [-0.39, 0.29) is 22.0 Å². The summed E-state index contributed by atoms with van der Waals surface area (Å²) in [7, 11) is 2.94. The first-order valence-electron chi connectivity index (χ1n) is 4.26. The molecule has 2 rings (SSSR count). The van der Waals surface area contributed by atoms with Gasteiger partial charge in [0.15, 0.2) is 0 Å². The number of rotatable bonds is 1. The van der Waals surface area contributed by atoms with Crippen molar-refractivity contribution in [1.82, 2.24) is 14.8 Å². The third kappa shape index (κ3) is 1.39. The highest BCUT2D eigenvalue weighted by Gasteiger charge is 2.07. The molecule has 0 saturated carbocycles. The van der Waals surface area contributed by atoms with Crippen LogP contribution in [0.3, 0.4) is 0 Å². The minimum absolute atomic E-state index is 0.141.